The molecule has 0 aliphatic heterocycles. The van der Waals surface area contributed by atoms with E-state index in [1.54, 1.807) is 11.4 Å². The summed E-state index contributed by atoms with van der Waals surface area (Å²) in [7, 11) is -1.61. The van der Waals surface area contributed by atoms with Gasteiger partial charge in [0.15, 0.2) is 0 Å². The van der Waals surface area contributed by atoms with Gasteiger partial charge in [-0.05, 0) is 12.1 Å². The molecule has 6 heteroatoms. The molecule has 2 rings (SSSR count). The van der Waals surface area contributed by atoms with Crippen LogP contribution in [-0.2, 0) is 0 Å². The molecule has 1 aromatic carbocycles. The molecule has 0 bridgehead atoms. The van der Waals surface area contributed by atoms with E-state index in [9.17, 15) is 5.11 Å². The van der Waals surface area contributed by atoms with E-state index in [2.05, 4.69) is 0 Å². The van der Waals surface area contributed by atoms with E-state index in [-0.39, 0.29) is 11.2 Å². The van der Waals surface area contributed by atoms with Crippen LogP contribution in [0.1, 0.15) is 0 Å². The van der Waals surface area contributed by atoms with Gasteiger partial charge in [0.2, 0.25) is 0 Å². The zero-order valence-corrected chi connectivity index (χ0v) is 7.95. The second-order valence-corrected chi connectivity index (χ2v) is 3.88. The van der Waals surface area contributed by atoms with Crippen LogP contribution in [0.5, 0.6) is 5.75 Å². The van der Waals surface area contributed by atoms with Gasteiger partial charge >= 0.3 is 7.12 Å². The van der Waals surface area contributed by atoms with Crippen LogP contribution < -0.4 is 11.2 Å². The van der Waals surface area contributed by atoms with Crippen LogP contribution in [-0.4, -0.2) is 22.3 Å². The Labute approximate surface area is 84.4 Å². The Morgan fingerprint density at radius 1 is 1.29 bits per heavy atom. The maximum Gasteiger partial charge on any atom is 0.490 e. The van der Waals surface area contributed by atoms with Gasteiger partial charge in [-0.25, -0.2) is 0 Å². The first kappa shape index (κ1) is 9.33. The Bertz CT molecular complexity index is 483. The monoisotopic (exact) mass is 209 g/mol. The van der Waals surface area contributed by atoms with E-state index in [0.717, 1.165) is 4.70 Å². The minimum Gasteiger partial charge on any atom is -0.506 e. The summed E-state index contributed by atoms with van der Waals surface area (Å²) in [5, 5.41) is 29.6. The minimum atomic E-state index is -1.61. The van der Waals surface area contributed by atoms with Crippen molar-refractivity contribution in [2.75, 3.05) is 5.73 Å². The fourth-order valence-electron chi connectivity index (χ4n) is 1.32. The highest BCUT2D eigenvalue weighted by Gasteiger charge is 2.16. The molecular weight excluding hydrogens is 201 g/mol. The fraction of sp³-hybridized carbons (Fsp3) is 0. The smallest absolute Gasteiger partial charge is 0.490 e. The largest absolute Gasteiger partial charge is 0.506 e. The normalized spacial score (nSPS) is 10.7. The fourth-order valence-corrected chi connectivity index (χ4v) is 2.17. The van der Waals surface area contributed by atoms with Crippen LogP contribution in [0.15, 0.2) is 17.5 Å². The molecule has 0 atom stereocenters. The van der Waals surface area contributed by atoms with Crippen molar-refractivity contribution >= 4 is 39.7 Å². The van der Waals surface area contributed by atoms with E-state index in [1.165, 1.54) is 17.4 Å². The van der Waals surface area contributed by atoms with Crippen molar-refractivity contribution in [1.29, 1.82) is 0 Å². The summed E-state index contributed by atoms with van der Waals surface area (Å²) in [5.74, 6) is 0.131. The lowest BCUT2D eigenvalue weighted by atomic mass is 9.78. The number of rotatable bonds is 1. The van der Waals surface area contributed by atoms with Gasteiger partial charge in [-0.15, -0.1) is 11.3 Å². The number of hydrogen-bond donors (Lipinski definition) is 4. The van der Waals surface area contributed by atoms with Gasteiger partial charge in [-0.1, -0.05) is 0 Å². The Balaban J connectivity index is 2.74. The van der Waals surface area contributed by atoms with Gasteiger partial charge in [-0.2, -0.15) is 0 Å². The average Bonchev–Trinajstić information content (AvgIpc) is 2.46. The van der Waals surface area contributed by atoms with Crippen molar-refractivity contribution in [3.05, 3.63) is 17.5 Å². The summed E-state index contributed by atoms with van der Waals surface area (Å²) < 4.78 is 0.824. The first-order chi connectivity index (χ1) is 6.59. The SMILES string of the molecule is Nc1cc2scc(O)c2cc1B(O)O. The first-order valence-corrected chi connectivity index (χ1v) is 4.83. The lowest BCUT2D eigenvalue weighted by Crippen LogP contribution is -2.32. The highest BCUT2D eigenvalue weighted by atomic mass is 32.1. The summed E-state index contributed by atoms with van der Waals surface area (Å²) >= 11 is 1.36. The van der Waals surface area contributed by atoms with Crippen molar-refractivity contribution in [3.8, 4) is 5.75 Å². The van der Waals surface area contributed by atoms with Gasteiger partial charge in [0.05, 0.1) is 0 Å². The molecule has 0 spiro atoms. The molecule has 4 nitrogen and oxygen atoms in total. The number of thiophene rings is 1. The predicted molar refractivity (Wildman–Crippen MR) is 57.7 cm³/mol. The van der Waals surface area contributed by atoms with E-state index in [4.69, 9.17) is 15.8 Å². The van der Waals surface area contributed by atoms with Crippen molar-refractivity contribution in [3.63, 3.8) is 0 Å². The number of nitrogens with two attached hydrogens (primary N) is 1. The molecule has 0 saturated heterocycles. The third kappa shape index (κ3) is 1.33. The highest BCUT2D eigenvalue weighted by molar-refractivity contribution is 7.17. The second-order valence-electron chi connectivity index (χ2n) is 2.97. The molecule has 0 amide bonds. The molecule has 0 aliphatic carbocycles. The molecule has 14 heavy (non-hydrogen) atoms. The van der Waals surface area contributed by atoms with Crippen LogP contribution >= 0.6 is 11.3 Å². The molecule has 0 aliphatic rings. The Morgan fingerprint density at radius 2 is 2.00 bits per heavy atom. The minimum absolute atomic E-state index is 0.131. The lowest BCUT2D eigenvalue weighted by Gasteiger charge is -2.04. The molecule has 0 unspecified atom stereocenters. The third-order valence-corrected chi connectivity index (χ3v) is 2.97. The van der Waals surface area contributed by atoms with Crippen LogP contribution in [0.4, 0.5) is 5.69 Å². The molecule has 72 valence electrons. The van der Waals surface area contributed by atoms with E-state index in [0.29, 0.717) is 11.1 Å². The van der Waals surface area contributed by atoms with Crippen LogP contribution in [0.2, 0.25) is 0 Å². The van der Waals surface area contributed by atoms with Crippen molar-refractivity contribution in [2.45, 2.75) is 0 Å². The summed E-state index contributed by atoms with van der Waals surface area (Å²) in [6, 6.07) is 3.11. The zero-order valence-electron chi connectivity index (χ0n) is 7.14. The van der Waals surface area contributed by atoms with Crippen LogP contribution in [0, 0.1) is 0 Å². The summed E-state index contributed by atoms with van der Waals surface area (Å²) in [6.45, 7) is 0. The lowest BCUT2D eigenvalue weighted by molar-refractivity contribution is 0.426. The Kier molecular flexibility index (Phi) is 2.11. The topological polar surface area (TPSA) is 86.7 Å². The van der Waals surface area contributed by atoms with Gasteiger partial charge in [0, 0.05) is 26.6 Å². The number of nitrogen functional groups attached to an aromatic ring is 1. The van der Waals surface area contributed by atoms with E-state index >= 15 is 0 Å². The first-order valence-electron chi connectivity index (χ1n) is 3.95. The third-order valence-electron chi connectivity index (χ3n) is 2.04. The quantitative estimate of drug-likeness (QED) is 0.389. The zero-order chi connectivity index (χ0) is 10.3. The number of benzene rings is 1. The summed E-state index contributed by atoms with van der Waals surface area (Å²) in [6.07, 6.45) is 0. The molecule has 0 radical (unpaired) electrons. The second kappa shape index (κ2) is 3.16. The maximum atomic E-state index is 9.41. The molecule has 0 saturated carbocycles. The van der Waals surface area contributed by atoms with Gasteiger partial charge in [0.25, 0.3) is 0 Å². The van der Waals surface area contributed by atoms with E-state index < -0.39 is 7.12 Å². The van der Waals surface area contributed by atoms with Crippen LogP contribution in [0.3, 0.4) is 0 Å². The van der Waals surface area contributed by atoms with Crippen molar-refractivity contribution in [1.82, 2.24) is 0 Å². The van der Waals surface area contributed by atoms with Crippen molar-refractivity contribution < 1.29 is 15.2 Å². The molecule has 1 heterocycles. The molecule has 0 fully saturated rings. The summed E-state index contributed by atoms with van der Waals surface area (Å²) in [4.78, 5) is 0. The molecule has 2 aromatic rings. The average molecular weight is 209 g/mol. The van der Waals surface area contributed by atoms with E-state index in [1.807, 2.05) is 0 Å². The van der Waals surface area contributed by atoms with Gasteiger partial charge in [-0.3, -0.25) is 0 Å². The maximum absolute atomic E-state index is 9.41. The predicted octanol–water partition coefficient (Wildman–Crippen LogP) is -0.131. The standard InChI is InChI=1S/C8H8BNO3S/c10-6-2-8-4(7(11)3-14-8)1-5(6)9(12)13/h1-3,11-13H,10H2. The Morgan fingerprint density at radius 3 is 2.64 bits per heavy atom. The van der Waals surface area contributed by atoms with Gasteiger partial charge < -0.3 is 20.9 Å². The summed E-state index contributed by atoms with van der Waals surface area (Å²) in [5.41, 5.74) is 6.13. The molecular formula is C8H8BNO3S. The van der Waals surface area contributed by atoms with Crippen LogP contribution in [0.25, 0.3) is 10.1 Å². The number of hydrogen-bond acceptors (Lipinski definition) is 5. The van der Waals surface area contributed by atoms with Crippen molar-refractivity contribution in [2.24, 2.45) is 0 Å². The highest BCUT2D eigenvalue weighted by Crippen LogP contribution is 2.31. The molecule has 1 aromatic heterocycles. The molecule has 5 N–H and O–H groups in total. The van der Waals surface area contributed by atoms with Gasteiger partial charge in [0.1, 0.15) is 5.75 Å². The number of fused-ring (bicyclic) bond motifs is 1. The number of anilines is 1. The Hall–Kier alpha value is -1.24. The number of aromatic hydroxyl groups is 1.